The predicted molar refractivity (Wildman–Crippen MR) is 132 cm³/mol. The molecule has 0 aliphatic rings. The molecule has 0 aliphatic heterocycles. The minimum Gasteiger partial charge on any atom is -0.468 e. The van der Waals surface area contributed by atoms with Crippen molar-refractivity contribution in [2.24, 2.45) is 11.8 Å². The van der Waals surface area contributed by atoms with E-state index in [1.54, 1.807) is 0 Å². The Morgan fingerprint density at radius 1 is 0.600 bits per heavy atom. The SMILES string of the molecule is COC(=O)C(CC(=O)OCCCCCCCOC(=O)CC(NCC(C)C)C(=O)OC)NCC(C)C. The fourth-order valence-electron chi connectivity index (χ4n) is 3.08. The molecular formula is C25H46N2O8. The summed E-state index contributed by atoms with van der Waals surface area (Å²) in [6, 6.07) is -1.40. The van der Waals surface area contributed by atoms with Crippen LogP contribution >= 0.6 is 0 Å². The highest BCUT2D eigenvalue weighted by molar-refractivity contribution is 5.83. The smallest absolute Gasteiger partial charge is 0.323 e. The number of carbonyl (C=O) groups excluding carboxylic acids is 4. The maximum Gasteiger partial charge on any atom is 0.323 e. The number of methoxy groups -OCH3 is 2. The van der Waals surface area contributed by atoms with Crippen LogP contribution < -0.4 is 10.6 Å². The van der Waals surface area contributed by atoms with Crippen molar-refractivity contribution in [2.75, 3.05) is 40.5 Å². The zero-order valence-corrected chi connectivity index (χ0v) is 22.4. The van der Waals surface area contributed by atoms with Crippen molar-refractivity contribution in [1.82, 2.24) is 10.6 Å². The third kappa shape index (κ3) is 17.8. The van der Waals surface area contributed by atoms with E-state index in [2.05, 4.69) is 10.6 Å². The Kier molecular flexibility index (Phi) is 18.8. The lowest BCUT2D eigenvalue weighted by atomic mass is 10.1. The van der Waals surface area contributed by atoms with Gasteiger partial charge in [-0.15, -0.1) is 0 Å². The summed E-state index contributed by atoms with van der Waals surface area (Å²) in [5, 5.41) is 6.06. The Labute approximate surface area is 210 Å². The minimum atomic E-state index is -0.702. The van der Waals surface area contributed by atoms with Gasteiger partial charge in [-0.1, -0.05) is 47.0 Å². The number of hydrogen-bond donors (Lipinski definition) is 2. The molecule has 0 aromatic carbocycles. The number of unbranched alkanes of at least 4 members (excludes halogenated alkanes) is 4. The summed E-state index contributed by atoms with van der Waals surface area (Å²) in [5.41, 5.74) is 0. The first-order valence-corrected chi connectivity index (χ1v) is 12.5. The summed E-state index contributed by atoms with van der Waals surface area (Å²) >= 11 is 0. The average molecular weight is 503 g/mol. The zero-order chi connectivity index (χ0) is 26.6. The van der Waals surface area contributed by atoms with Crippen molar-refractivity contribution in [1.29, 1.82) is 0 Å². The highest BCUT2D eigenvalue weighted by atomic mass is 16.5. The van der Waals surface area contributed by atoms with Crippen LogP contribution in [0.4, 0.5) is 0 Å². The van der Waals surface area contributed by atoms with Gasteiger partial charge in [0.2, 0.25) is 0 Å². The molecule has 0 spiro atoms. The number of esters is 4. The molecule has 2 unspecified atom stereocenters. The van der Waals surface area contributed by atoms with Gasteiger partial charge in [0.1, 0.15) is 12.1 Å². The number of carbonyl (C=O) groups is 4. The van der Waals surface area contributed by atoms with Crippen molar-refractivity contribution in [3.05, 3.63) is 0 Å². The second kappa shape index (κ2) is 20.0. The van der Waals surface area contributed by atoms with Crippen LogP contribution in [0.2, 0.25) is 0 Å². The Morgan fingerprint density at radius 2 is 0.943 bits per heavy atom. The molecule has 35 heavy (non-hydrogen) atoms. The van der Waals surface area contributed by atoms with Gasteiger partial charge < -0.3 is 29.6 Å². The monoisotopic (exact) mass is 502 g/mol. The molecule has 0 aromatic rings. The lowest BCUT2D eigenvalue weighted by molar-refractivity contribution is -0.151. The van der Waals surface area contributed by atoms with E-state index < -0.39 is 36.0 Å². The summed E-state index contributed by atoms with van der Waals surface area (Å²) in [4.78, 5) is 47.6. The van der Waals surface area contributed by atoms with Crippen LogP contribution in [0.25, 0.3) is 0 Å². The lowest BCUT2D eigenvalue weighted by Crippen LogP contribution is -2.41. The van der Waals surface area contributed by atoms with E-state index in [-0.39, 0.29) is 12.8 Å². The zero-order valence-electron chi connectivity index (χ0n) is 22.4. The molecule has 0 saturated heterocycles. The molecule has 10 heteroatoms. The second-order valence-corrected chi connectivity index (χ2v) is 9.37. The Hall–Kier alpha value is -2.20. The lowest BCUT2D eigenvalue weighted by Gasteiger charge is -2.17. The molecule has 0 heterocycles. The third-order valence-corrected chi connectivity index (χ3v) is 5.07. The summed E-state index contributed by atoms with van der Waals surface area (Å²) < 4.78 is 19.9. The third-order valence-electron chi connectivity index (χ3n) is 5.07. The van der Waals surface area contributed by atoms with Gasteiger partial charge in [0.15, 0.2) is 0 Å². The largest absolute Gasteiger partial charge is 0.468 e. The van der Waals surface area contributed by atoms with Crippen LogP contribution in [0.15, 0.2) is 0 Å². The van der Waals surface area contributed by atoms with Gasteiger partial charge in [0.05, 0.1) is 40.3 Å². The molecule has 2 atom stereocenters. The van der Waals surface area contributed by atoms with Crippen molar-refractivity contribution >= 4 is 23.9 Å². The van der Waals surface area contributed by atoms with E-state index >= 15 is 0 Å². The molecule has 0 amide bonds. The predicted octanol–water partition coefficient (Wildman–Crippen LogP) is 2.38. The molecule has 0 aliphatic carbocycles. The van der Waals surface area contributed by atoms with E-state index in [0.29, 0.717) is 38.1 Å². The molecule has 204 valence electrons. The molecule has 0 saturated carbocycles. The van der Waals surface area contributed by atoms with Gasteiger partial charge in [-0.25, -0.2) is 0 Å². The Morgan fingerprint density at radius 3 is 1.26 bits per heavy atom. The standard InChI is InChI=1S/C25H46N2O8/c1-18(2)16-26-20(24(30)32-5)14-22(28)34-12-10-8-7-9-11-13-35-23(29)15-21(25(31)33-6)27-17-19(3)4/h18-21,26-27H,7-17H2,1-6H3. The second-order valence-electron chi connectivity index (χ2n) is 9.37. The first-order chi connectivity index (χ1) is 16.6. The van der Waals surface area contributed by atoms with Crippen molar-refractivity contribution < 1.29 is 38.1 Å². The summed E-state index contributed by atoms with van der Waals surface area (Å²) in [7, 11) is 2.59. The van der Waals surface area contributed by atoms with Gasteiger partial charge in [-0.05, 0) is 37.8 Å². The first-order valence-electron chi connectivity index (χ1n) is 12.5. The number of rotatable bonds is 20. The Bertz CT molecular complexity index is 573. The summed E-state index contributed by atoms with van der Waals surface area (Å²) in [6.07, 6.45) is 3.97. The van der Waals surface area contributed by atoms with E-state index in [1.807, 2.05) is 27.7 Å². The van der Waals surface area contributed by atoms with Crippen LogP contribution in [0.5, 0.6) is 0 Å². The van der Waals surface area contributed by atoms with Crippen molar-refractivity contribution in [3.8, 4) is 0 Å². The molecule has 0 fully saturated rings. The maximum atomic E-state index is 12.0. The van der Waals surface area contributed by atoms with Crippen LogP contribution in [0.1, 0.15) is 72.6 Å². The highest BCUT2D eigenvalue weighted by Crippen LogP contribution is 2.07. The summed E-state index contributed by atoms with van der Waals surface area (Å²) in [6.45, 7) is 9.83. The molecule has 0 radical (unpaired) electrons. The van der Waals surface area contributed by atoms with Gasteiger partial charge in [-0.2, -0.15) is 0 Å². The van der Waals surface area contributed by atoms with Crippen molar-refractivity contribution in [2.45, 2.75) is 84.7 Å². The topological polar surface area (TPSA) is 129 Å². The maximum absolute atomic E-state index is 12.0. The van der Waals surface area contributed by atoms with Gasteiger partial charge in [-0.3, -0.25) is 19.2 Å². The number of hydrogen-bond acceptors (Lipinski definition) is 10. The van der Waals surface area contributed by atoms with Crippen LogP contribution in [0, 0.1) is 11.8 Å². The fourth-order valence-corrected chi connectivity index (χ4v) is 3.08. The average Bonchev–Trinajstić information content (AvgIpc) is 2.81. The minimum absolute atomic E-state index is 0.0609. The van der Waals surface area contributed by atoms with E-state index in [9.17, 15) is 19.2 Å². The quantitative estimate of drug-likeness (QED) is 0.145. The first kappa shape index (κ1) is 32.8. The summed E-state index contributed by atoms with van der Waals surface area (Å²) in [5.74, 6) is -1.14. The fraction of sp³-hybridized carbons (Fsp3) is 0.840. The van der Waals surface area contributed by atoms with E-state index in [0.717, 1.165) is 32.1 Å². The number of ether oxygens (including phenoxy) is 4. The molecule has 0 bridgehead atoms. The highest BCUT2D eigenvalue weighted by Gasteiger charge is 2.24. The van der Waals surface area contributed by atoms with E-state index in [4.69, 9.17) is 18.9 Å². The molecular weight excluding hydrogens is 456 g/mol. The molecule has 0 aromatic heterocycles. The molecule has 10 nitrogen and oxygen atoms in total. The van der Waals surface area contributed by atoms with Gasteiger partial charge >= 0.3 is 23.9 Å². The van der Waals surface area contributed by atoms with Gasteiger partial charge in [0, 0.05) is 0 Å². The molecule has 2 N–H and O–H groups in total. The van der Waals surface area contributed by atoms with E-state index in [1.165, 1.54) is 14.2 Å². The van der Waals surface area contributed by atoms with Crippen LogP contribution in [-0.2, 0) is 38.1 Å². The van der Waals surface area contributed by atoms with Crippen LogP contribution in [0.3, 0.4) is 0 Å². The van der Waals surface area contributed by atoms with Crippen LogP contribution in [-0.4, -0.2) is 76.5 Å². The molecule has 0 rings (SSSR count). The number of nitrogens with one attached hydrogen (secondary N) is 2. The van der Waals surface area contributed by atoms with Crippen molar-refractivity contribution in [3.63, 3.8) is 0 Å². The normalized spacial score (nSPS) is 12.8. The van der Waals surface area contributed by atoms with Gasteiger partial charge in [0.25, 0.3) is 0 Å². The Balaban J connectivity index is 3.95.